The second-order valence-electron chi connectivity index (χ2n) is 8.64. The number of hydrogen-bond acceptors (Lipinski definition) is 6. The fourth-order valence-electron chi connectivity index (χ4n) is 2.98. The first-order chi connectivity index (χ1) is 16.0. The Kier molecular flexibility index (Phi) is 9.61. The van der Waals surface area contributed by atoms with E-state index < -0.39 is 48.0 Å². The predicted molar refractivity (Wildman–Crippen MR) is 124 cm³/mol. The molecule has 0 unspecified atom stereocenters. The summed E-state index contributed by atoms with van der Waals surface area (Å²) in [5.41, 5.74) is 0.646. The van der Waals surface area contributed by atoms with Crippen LogP contribution < -0.4 is 10.6 Å². The van der Waals surface area contributed by atoms with Gasteiger partial charge >= 0.3 is 18.0 Å². The SMILES string of the molecule is CC(C)(C)OC(=O)[C@H](CC(=O)O)NC(=O)[C@H](Cc1ccccc1)NC(=O)OCc1ccccc1. The van der Waals surface area contributed by atoms with Crippen molar-refractivity contribution in [3.05, 3.63) is 71.8 Å². The zero-order valence-corrected chi connectivity index (χ0v) is 19.4. The van der Waals surface area contributed by atoms with E-state index in [1.807, 2.05) is 24.3 Å². The van der Waals surface area contributed by atoms with Gasteiger partial charge in [0, 0.05) is 6.42 Å². The molecule has 3 N–H and O–H groups in total. The van der Waals surface area contributed by atoms with Crippen molar-refractivity contribution in [2.75, 3.05) is 0 Å². The Hall–Kier alpha value is -3.88. The van der Waals surface area contributed by atoms with Crippen LogP contribution in [0.25, 0.3) is 0 Å². The van der Waals surface area contributed by atoms with Crippen LogP contribution in [0.5, 0.6) is 0 Å². The fraction of sp³-hybridized carbons (Fsp3) is 0.360. The van der Waals surface area contributed by atoms with Gasteiger partial charge in [0.1, 0.15) is 24.3 Å². The Morgan fingerprint density at radius 2 is 1.41 bits per heavy atom. The lowest BCUT2D eigenvalue weighted by Crippen LogP contribution is -2.53. The fourth-order valence-corrected chi connectivity index (χ4v) is 2.98. The van der Waals surface area contributed by atoms with E-state index in [9.17, 15) is 24.3 Å². The zero-order chi connectivity index (χ0) is 25.1. The number of esters is 1. The summed E-state index contributed by atoms with van der Waals surface area (Å²) in [4.78, 5) is 49.2. The van der Waals surface area contributed by atoms with Crippen LogP contribution in [-0.2, 0) is 36.9 Å². The lowest BCUT2D eigenvalue weighted by Gasteiger charge is -2.25. The van der Waals surface area contributed by atoms with Gasteiger partial charge in [-0.25, -0.2) is 9.59 Å². The average molecular weight is 471 g/mol. The number of carboxylic acid groups (broad SMARTS) is 1. The van der Waals surface area contributed by atoms with Crippen molar-refractivity contribution < 1.29 is 33.8 Å². The van der Waals surface area contributed by atoms with Crippen LogP contribution in [0.1, 0.15) is 38.3 Å². The maximum Gasteiger partial charge on any atom is 0.408 e. The van der Waals surface area contributed by atoms with Gasteiger partial charge in [-0.1, -0.05) is 60.7 Å². The van der Waals surface area contributed by atoms with Gasteiger partial charge in [-0.2, -0.15) is 0 Å². The summed E-state index contributed by atoms with van der Waals surface area (Å²) in [6.45, 7) is 4.90. The Morgan fingerprint density at radius 3 is 1.94 bits per heavy atom. The number of rotatable bonds is 10. The van der Waals surface area contributed by atoms with E-state index in [1.165, 1.54) is 0 Å². The molecule has 0 radical (unpaired) electrons. The molecule has 34 heavy (non-hydrogen) atoms. The third-order valence-electron chi connectivity index (χ3n) is 4.49. The lowest BCUT2D eigenvalue weighted by atomic mass is 10.0. The molecule has 2 rings (SSSR count). The molecule has 0 fully saturated rings. The number of carbonyl (C=O) groups excluding carboxylic acids is 3. The Balaban J connectivity index is 2.13. The standard InChI is InChI=1S/C25H30N2O7/c1-25(2,3)34-23(31)20(15-21(28)29)26-22(30)19(14-17-10-6-4-7-11-17)27-24(32)33-16-18-12-8-5-9-13-18/h4-13,19-20H,14-16H2,1-3H3,(H,26,30)(H,27,32)(H,28,29)/t19-,20-/m0/s1. The van der Waals surface area contributed by atoms with Gasteiger partial charge in [-0.3, -0.25) is 9.59 Å². The van der Waals surface area contributed by atoms with Gasteiger partial charge in [0.05, 0.1) is 6.42 Å². The summed E-state index contributed by atoms with van der Waals surface area (Å²) in [6, 6.07) is 15.4. The molecule has 2 aromatic rings. The number of nitrogens with one attached hydrogen (secondary N) is 2. The van der Waals surface area contributed by atoms with Crippen LogP contribution in [0.3, 0.4) is 0 Å². The summed E-state index contributed by atoms with van der Waals surface area (Å²) >= 11 is 0. The molecule has 0 aliphatic heterocycles. The number of hydrogen-bond donors (Lipinski definition) is 3. The van der Waals surface area contributed by atoms with Gasteiger partial charge in [0.15, 0.2) is 0 Å². The van der Waals surface area contributed by atoms with Crippen molar-refractivity contribution in [2.24, 2.45) is 0 Å². The van der Waals surface area contributed by atoms with Crippen molar-refractivity contribution in [1.29, 1.82) is 0 Å². The zero-order valence-electron chi connectivity index (χ0n) is 19.4. The van der Waals surface area contributed by atoms with Crippen LogP contribution in [0, 0.1) is 0 Å². The molecule has 0 spiro atoms. The number of benzene rings is 2. The van der Waals surface area contributed by atoms with Crippen molar-refractivity contribution in [1.82, 2.24) is 10.6 Å². The first kappa shape index (κ1) is 26.4. The van der Waals surface area contributed by atoms with Crippen molar-refractivity contribution >= 4 is 23.9 Å². The molecule has 0 aliphatic rings. The summed E-state index contributed by atoms with van der Waals surface area (Å²) in [5.74, 6) is -2.91. The smallest absolute Gasteiger partial charge is 0.408 e. The summed E-state index contributed by atoms with van der Waals surface area (Å²) in [7, 11) is 0. The second-order valence-corrected chi connectivity index (χ2v) is 8.64. The van der Waals surface area contributed by atoms with E-state index in [0.717, 1.165) is 11.1 Å². The van der Waals surface area contributed by atoms with Crippen LogP contribution in [0.2, 0.25) is 0 Å². The minimum absolute atomic E-state index is 0.00585. The molecule has 9 nitrogen and oxygen atoms in total. The molecular formula is C25H30N2O7. The van der Waals surface area contributed by atoms with E-state index in [2.05, 4.69) is 10.6 Å². The molecule has 2 atom stereocenters. The Bertz CT molecular complexity index is 972. The minimum atomic E-state index is -1.43. The quantitative estimate of drug-likeness (QED) is 0.455. The molecule has 2 aromatic carbocycles. The summed E-state index contributed by atoms with van der Waals surface area (Å²) < 4.78 is 10.5. The van der Waals surface area contributed by atoms with E-state index in [0.29, 0.717) is 0 Å². The molecule has 0 bridgehead atoms. The largest absolute Gasteiger partial charge is 0.481 e. The molecule has 0 heterocycles. The van der Waals surface area contributed by atoms with Crippen molar-refractivity contribution in [3.63, 3.8) is 0 Å². The van der Waals surface area contributed by atoms with Crippen LogP contribution in [0.4, 0.5) is 4.79 Å². The number of amides is 2. The predicted octanol–water partition coefficient (Wildman–Crippen LogP) is 2.83. The molecule has 9 heteroatoms. The maximum absolute atomic E-state index is 13.0. The van der Waals surface area contributed by atoms with E-state index in [4.69, 9.17) is 9.47 Å². The Morgan fingerprint density at radius 1 is 0.853 bits per heavy atom. The molecule has 0 aromatic heterocycles. The molecule has 0 saturated heterocycles. The summed E-state index contributed by atoms with van der Waals surface area (Å²) in [5, 5.41) is 14.1. The molecule has 2 amide bonds. The van der Waals surface area contributed by atoms with Crippen molar-refractivity contribution in [2.45, 2.75) is 57.9 Å². The third kappa shape index (κ3) is 9.72. The van der Waals surface area contributed by atoms with Crippen molar-refractivity contribution in [3.8, 4) is 0 Å². The first-order valence-electron chi connectivity index (χ1n) is 10.8. The highest BCUT2D eigenvalue weighted by Gasteiger charge is 2.32. The van der Waals surface area contributed by atoms with Crippen LogP contribution in [0.15, 0.2) is 60.7 Å². The van der Waals surface area contributed by atoms with E-state index >= 15 is 0 Å². The summed E-state index contributed by atoms with van der Waals surface area (Å²) in [6.07, 6.45) is -1.40. The number of aliphatic carboxylic acids is 1. The van der Waals surface area contributed by atoms with Gasteiger partial charge in [-0.15, -0.1) is 0 Å². The van der Waals surface area contributed by atoms with Gasteiger partial charge in [0.2, 0.25) is 5.91 Å². The minimum Gasteiger partial charge on any atom is -0.481 e. The second kappa shape index (κ2) is 12.4. The van der Waals surface area contributed by atoms with Gasteiger partial charge in [0.25, 0.3) is 0 Å². The third-order valence-corrected chi connectivity index (χ3v) is 4.49. The number of carbonyl (C=O) groups is 4. The monoisotopic (exact) mass is 470 g/mol. The first-order valence-corrected chi connectivity index (χ1v) is 10.8. The van der Waals surface area contributed by atoms with Crippen LogP contribution >= 0.6 is 0 Å². The lowest BCUT2D eigenvalue weighted by molar-refractivity contribution is -0.161. The number of carboxylic acids is 1. The Labute approximate surface area is 198 Å². The topological polar surface area (TPSA) is 131 Å². The number of alkyl carbamates (subject to hydrolysis) is 1. The van der Waals surface area contributed by atoms with Gasteiger partial charge < -0.3 is 25.2 Å². The van der Waals surface area contributed by atoms with E-state index in [-0.39, 0.29) is 13.0 Å². The highest BCUT2D eigenvalue weighted by atomic mass is 16.6. The van der Waals surface area contributed by atoms with Crippen LogP contribution in [-0.4, -0.2) is 46.7 Å². The molecule has 0 saturated carbocycles. The molecule has 0 aliphatic carbocycles. The highest BCUT2D eigenvalue weighted by molar-refractivity contribution is 5.91. The molecular weight excluding hydrogens is 440 g/mol. The highest BCUT2D eigenvalue weighted by Crippen LogP contribution is 2.11. The maximum atomic E-state index is 13.0. The van der Waals surface area contributed by atoms with Gasteiger partial charge in [-0.05, 0) is 31.9 Å². The molecule has 182 valence electrons. The van der Waals surface area contributed by atoms with E-state index in [1.54, 1.807) is 57.2 Å². The number of ether oxygens (including phenoxy) is 2. The average Bonchev–Trinajstić information content (AvgIpc) is 2.76. The normalized spacial score (nSPS) is 12.7.